The Bertz CT molecular complexity index is 787. The molecule has 7 heteroatoms. The Morgan fingerprint density at radius 1 is 1.13 bits per heavy atom. The summed E-state index contributed by atoms with van der Waals surface area (Å²) in [5, 5.41) is 5.74. The molecule has 0 bridgehead atoms. The summed E-state index contributed by atoms with van der Waals surface area (Å²) in [5.74, 6) is 1.75. The Labute approximate surface area is 187 Å². The van der Waals surface area contributed by atoms with Crippen LogP contribution in [0, 0.1) is 0 Å². The van der Waals surface area contributed by atoms with E-state index in [-0.39, 0.29) is 0 Å². The lowest BCUT2D eigenvalue weighted by molar-refractivity contribution is 0.0104. The minimum Gasteiger partial charge on any atom is -0.355 e. The first-order valence-corrected chi connectivity index (χ1v) is 12.0. The van der Waals surface area contributed by atoms with Crippen molar-refractivity contribution in [3.8, 4) is 0 Å². The summed E-state index contributed by atoms with van der Waals surface area (Å²) in [6, 6.07) is 1.32. The van der Waals surface area contributed by atoms with Gasteiger partial charge in [-0.05, 0) is 51.5 Å². The number of anilines is 2. The van der Waals surface area contributed by atoms with Gasteiger partial charge in [-0.15, -0.1) is 0 Å². The first kappa shape index (κ1) is 22.1. The maximum absolute atomic E-state index is 4.94. The van der Waals surface area contributed by atoms with Crippen molar-refractivity contribution in [3.05, 3.63) is 30.4 Å². The largest absolute Gasteiger partial charge is 0.355 e. The highest BCUT2D eigenvalue weighted by Crippen LogP contribution is 2.29. The Balaban J connectivity index is 1.43. The van der Waals surface area contributed by atoms with Gasteiger partial charge in [0.2, 0.25) is 0 Å². The lowest BCUT2D eigenvalue weighted by atomic mass is 10.0. The molecular weight excluding hydrogens is 386 g/mol. The zero-order valence-electron chi connectivity index (χ0n) is 19.5. The number of likely N-dealkylation sites (tertiary alicyclic amines) is 1. The van der Waals surface area contributed by atoms with Gasteiger partial charge < -0.3 is 15.2 Å². The molecule has 1 aliphatic carbocycles. The number of nitrogens with one attached hydrogen (secondary N) is 2. The van der Waals surface area contributed by atoms with Crippen molar-refractivity contribution < 1.29 is 0 Å². The van der Waals surface area contributed by atoms with E-state index in [2.05, 4.69) is 45.3 Å². The van der Waals surface area contributed by atoms with E-state index in [1.54, 1.807) is 0 Å². The summed E-state index contributed by atoms with van der Waals surface area (Å²) in [6.45, 7) is 12.6. The highest BCUT2D eigenvalue weighted by atomic mass is 15.5. The van der Waals surface area contributed by atoms with Crippen LogP contribution in [0.4, 0.5) is 11.6 Å². The fourth-order valence-electron chi connectivity index (χ4n) is 5.07. The predicted molar refractivity (Wildman–Crippen MR) is 129 cm³/mol. The van der Waals surface area contributed by atoms with Crippen LogP contribution in [0.3, 0.4) is 0 Å². The molecule has 0 radical (unpaired) electrons. The molecule has 0 aromatic carbocycles. The van der Waals surface area contributed by atoms with E-state index in [9.17, 15) is 0 Å². The molecule has 31 heavy (non-hydrogen) atoms. The molecule has 0 spiro atoms. The molecule has 1 aromatic heterocycles. The van der Waals surface area contributed by atoms with Gasteiger partial charge in [-0.1, -0.05) is 19.4 Å². The predicted octanol–water partition coefficient (Wildman–Crippen LogP) is 3.84. The number of nitrogens with zero attached hydrogens (tertiary/aromatic N) is 5. The summed E-state index contributed by atoms with van der Waals surface area (Å²) >= 11 is 0. The van der Waals surface area contributed by atoms with Gasteiger partial charge in [0.25, 0.3) is 0 Å². The molecule has 1 saturated carbocycles. The van der Waals surface area contributed by atoms with Crippen molar-refractivity contribution in [2.45, 2.75) is 70.9 Å². The maximum Gasteiger partial charge on any atom is 0.158 e. The number of hydrogen-bond acceptors (Lipinski definition) is 7. The fraction of sp³-hybridized carbons (Fsp3) is 0.667. The van der Waals surface area contributed by atoms with Crippen molar-refractivity contribution >= 4 is 17.2 Å². The summed E-state index contributed by atoms with van der Waals surface area (Å²) in [4.78, 5) is 14.6. The third-order valence-electron chi connectivity index (χ3n) is 6.88. The van der Waals surface area contributed by atoms with E-state index in [0.717, 1.165) is 60.8 Å². The molecular formula is C24H39N7. The molecule has 2 saturated heterocycles. The number of rotatable bonds is 8. The van der Waals surface area contributed by atoms with Gasteiger partial charge in [0.05, 0.1) is 12.2 Å². The monoisotopic (exact) mass is 425 g/mol. The quantitative estimate of drug-likeness (QED) is 0.614. The van der Waals surface area contributed by atoms with Gasteiger partial charge in [0, 0.05) is 51.2 Å². The van der Waals surface area contributed by atoms with E-state index in [0.29, 0.717) is 6.04 Å². The Hall–Kier alpha value is -2.12. The molecule has 3 fully saturated rings. The molecule has 3 heterocycles. The van der Waals surface area contributed by atoms with Gasteiger partial charge in [-0.25, -0.2) is 15.4 Å². The van der Waals surface area contributed by atoms with Crippen LogP contribution in [0.15, 0.2) is 24.7 Å². The number of allylic oxidation sites excluding steroid dienone is 2. The second-order valence-corrected chi connectivity index (χ2v) is 9.37. The van der Waals surface area contributed by atoms with Gasteiger partial charge in [0.1, 0.15) is 11.5 Å². The first-order valence-electron chi connectivity index (χ1n) is 12.0. The molecule has 170 valence electrons. The third-order valence-corrected chi connectivity index (χ3v) is 6.88. The van der Waals surface area contributed by atoms with Crippen LogP contribution in [-0.2, 0) is 0 Å². The van der Waals surface area contributed by atoms with Crippen molar-refractivity contribution in [2.75, 3.05) is 43.4 Å². The van der Waals surface area contributed by atoms with E-state index in [1.165, 1.54) is 44.9 Å². The number of hydrogen-bond donors (Lipinski definition) is 2. The standard InChI is InChI=1S/C24H39N7/c1-18(2)23-24(28-22(14-26-23)29-12-8-5-9-13-29)27-19(3)15-31(25-4)21-16-30(17-21)20-10-6-7-11-20/h14-15,20-21,25H,1,5-13,16-17H2,2-4H3,(H,27,28)/b19-15+. The van der Waals surface area contributed by atoms with Crippen molar-refractivity contribution in [3.63, 3.8) is 0 Å². The highest BCUT2D eigenvalue weighted by Gasteiger charge is 2.36. The van der Waals surface area contributed by atoms with E-state index >= 15 is 0 Å². The SMILES string of the molecule is C=C(C)c1ncc(N2CCCCC2)nc1N/C(C)=C/N(NC)C1CN(C2CCCC2)C1. The average molecular weight is 426 g/mol. The zero-order valence-corrected chi connectivity index (χ0v) is 19.5. The summed E-state index contributed by atoms with van der Waals surface area (Å²) in [7, 11) is 2.00. The average Bonchev–Trinajstić information content (AvgIpc) is 3.26. The number of aromatic nitrogens is 2. The van der Waals surface area contributed by atoms with Crippen molar-refractivity contribution in [1.82, 2.24) is 25.3 Å². The second kappa shape index (κ2) is 10.0. The zero-order chi connectivity index (χ0) is 21.8. The lowest BCUT2D eigenvalue weighted by Crippen LogP contribution is -2.62. The van der Waals surface area contributed by atoms with Gasteiger partial charge in [-0.3, -0.25) is 4.90 Å². The molecule has 7 nitrogen and oxygen atoms in total. The van der Waals surface area contributed by atoms with Gasteiger partial charge in [-0.2, -0.15) is 0 Å². The number of hydrazine groups is 1. The van der Waals surface area contributed by atoms with Crippen molar-refractivity contribution in [1.29, 1.82) is 0 Å². The van der Waals surface area contributed by atoms with E-state index in [1.807, 2.05) is 20.2 Å². The van der Waals surface area contributed by atoms with Crippen molar-refractivity contribution in [2.24, 2.45) is 0 Å². The Kier molecular flexibility index (Phi) is 7.13. The first-order chi connectivity index (χ1) is 15.0. The molecule has 0 amide bonds. The smallest absolute Gasteiger partial charge is 0.158 e. The molecule has 3 aliphatic rings. The van der Waals surface area contributed by atoms with Crippen LogP contribution in [0.25, 0.3) is 5.57 Å². The fourth-order valence-corrected chi connectivity index (χ4v) is 5.07. The highest BCUT2D eigenvalue weighted by molar-refractivity contribution is 5.70. The normalized spacial score (nSPS) is 21.3. The molecule has 0 unspecified atom stereocenters. The summed E-state index contributed by atoms with van der Waals surface area (Å²) < 4.78 is 0. The minimum absolute atomic E-state index is 0.508. The van der Waals surface area contributed by atoms with Gasteiger partial charge >= 0.3 is 0 Å². The van der Waals surface area contributed by atoms with Crippen LogP contribution in [-0.4, -0.2) is 65.2 Å². The van der Waals surface area contributed by atoms with Crippen LogP contribution >= 0.6 is 0 Å². The molecule has 2 N–H and O–H groups in total. The Morgan fingerprint density at radius 2 is 1.84 bits per heavy atom. The number of piperidine rings is 1. The maximum atomic E-state index is 4.94. The minimum atomic E-state index is 0.508. The third kappa shape index (κ3) is 5.21. The topological polar surface area (TPSA) is 59.6 Å². The summed E-state index contributed by atoms with van der Waals surface area (Å²) in [6.07, 6.45) is 13.3. The van der Waals surface area contributed by atoms with Crippen LogP contribution in [0.2, 0.25) is 0 Å². The van der Waals surface area contributed by atoms with Crippen LogP contribution < -0.4 is 15.6 Å². The lowest BCUT2D eigenvalue weighted by Gasteiger charge is -2.47. The molecule has 2 aliphatic heterocycles. The van der Waals surface area contributed by atoms with Gasteiger partial charge in [0.15, 0.2) is 5.82 Å². The van der Waals surface area contributed by atoms with E-state index < -0.39 is 0 Å². The van der Waals surface area contributed by atoms with Crippen LogP contribution in [0.1, 0.15) is 64.5 Å². The van der Waals surface area contributed by atoms with E-state index in [4.69, 9.17) is 9.97 Å². The summed E-state index contributed by atoms with van der Waals surface area (Å²) in [5.41, 5.74) is 6.16. The van der Waals surface area contributed by atoms with Crippen LogP contribution in [0.5, 0.6) is 0 Å². The molecule has 4 rings (SSSR count). The molecule has 0 atom stereocenters. The molecule has 1 aromatic rings. The second-order valence-electron chi connectivity index (χ2n) is 9.37. The Morgan fingerprint density at radius 3 is 2.48 bits per heavy atom.